The molecule has 7 heteroatoms. The van der Waals surface area contributed by atoms with Crippen molar-refractivity contribution < 1.29 is 9.47 Å². The molecule has 0 radical (unpaired) electrons. The predicted molar refractivity (Wildman–Crippen MR) is 111 cm³/mol. The van der Waals surface area contributed by atoms with Gasteiger partial charge in [0.1, 0.15) is 6.07 Å². The lowest BCUT2D eigenvalue weighted by molar-refractivity contribution is 0.237. The van der Waals surface area contributed by atoms with Gasteiger partial charge in [0.25, 0.3) is 0 Å². The van der Waals surface area contributed by atoms with E-state index in [-0.39, 0.29) is 17.2 Å². The Morgan fingerprint density at radius 3 is 2.57 bits per heavy atom. The second-order valence-electron chi connectivity index (χ2n) is 7.66. The first-order valence-electron chi connectivity index (χ1n) is 9.89. The Bertz CT molecular complexity index is 1010. The number of nitrogens with two attached hydrogens (primary N) is 1. The predicted octanol–water partition coefficient (Wildman–Crippen LogP) is 2.84. The number of benzene rings is 1. The SMILES string of the molecule is CCCOc1ccc([C@@H]2[C@H]3CN(C)CC=C3C(C#N)=C(N)C2(C#N)C#N)cc1OC. The lowest BCUT2D eigenvalue weighted by Gasteiger charge is -2.45. The van der Waals surface area contributed by atoms with E-state index in [2.05, 4.69) is 23.1 Å². The average molecular weight is 403 g/mol. The van der Waals surface area contributed by atoms with Crippen LogP contribution in [0.2, 0.25) is 0 Å². The quantitative estimate of drug-likeness (QED) is 0.803. The third-order valence-corrected chi connectivity index (χ3v) is 5.86. The van der Waals surface area contributed by atoms with Crippen molar-refractivity contribution in [3.05, 3.63) is 46.7 Å². The molecular formula is C23H25N5O2. The molecule has 2 aliphatic rings. The summed E-state index contributed by atoms with van der Waals surface area (Å²) in [7, 11) is 3.53. The van der Waals surface area contributed by atoms with Gasteiger partial charge in [0.2, 0.25) is 0 Å². The van der Waals surface area contributed by atoms with Gasteiger partial charge in [-0.15, -0.1) is 0 Å². The van der Waals surface area contributed by atoms with Crippen molar-refractivity contribution in [2.75, 3.05) is 33.9 Å². The third kappa shape index (κ3) is 3.26. The number of ether oxygens (including phenoxy) is 2. The normalized spacial score (nSPS) is 22.7. The number of hydrogen-bond donors (Lipinski definition) is 1. The van der Waals surface area contributed by atoms with Gasteiger partial charge in [-0.05, 0) is 36.7 Å². The van der Waals surface area contributed by atoms with Gasteiger partial charge < -0.3 is 20.1 Å². The fourth-order valence-corrected chi connectivity index (χ4v) is 4.41. The van der Waals surface area contributed by atoms with E-state index in [0.717, 1.165) is 17.6 Å². The molecule has 0 saturated heterocycles. The molecule has 1 aromatic rings. The van der Waals surface area contributed by atoms with Crippen LogP contribution < -0.4 is 15.2 Å². The van der Waals surface area contributed by atoms with Gasteiger partial charge in [-0.25, -0.2) is 0 Å². The summed E-state index contributed by atoms with van der Waals surface area (Å²) >= 11 is 0. The summed E-state index contributed by atoms with van der Waals surface area (Å²) in [6.07, 6.45) is 2.83. The molecular weight excluding hydrogens is 378 g/mol. The number of rotatable bonds is 5. The van der Waals surface area contributed by atoms with Gasteiger partial charge in [-0.3, -0.25) is 0 Å². The summed E-state index contributed by atoms with van der Waals surface area (Å²) in [6, 6.07) is 11.9. The van der Waals surface area contributed by atoms with E-state index in [0.29, 0.717) is 31.2 Å². The number of nitriles is 3. The second kappa shape index (κ2) is 8.49. The minimum atomic E-state index is -1.65. The largest absolute Gasteiger partial charge is 0.493 e. The summed E-state index contributed by atoms with van der Waals surface area (Å²) in [5.41, 5.74) is 6.52. The number of likely N-dealkylation sites (N-methyl/N-ethyl adjacent to an activating group) is 1. The van der Waals surface area contributed by atoms with E-state index < -0.39 is 11.3 Å². The molecule has 30 heavy (non-hydrogen) atoms. The van der Waals surface area contributed by atoms with E-state index in [1.54, 1.807) is 13.2 Å². The number of nitrogens with zero attached hydrogens (tertiary/aromatic N) is 4. The van der Waals surface area contributed by atoms with E-state index in [4.69, 9.17) is 15.2 Å². The van der Waals surface area contributed by atoms with Gasteiger partial charge in [0.05, 0.1) is 37.1 Å². The Morgan fingerprint density at radius 2 is 1.97 bits per heavy atom. The molecule has 1 aliphatic heterocycles. The molecule has 0 amide bonds. The number of hydrogen-bond acceptors (Lipinski definition) is 7. The molecule has 0 saturated carbocycles. The number of allylic oxidation sites excluding steroid dienone is 2. The molecule has 2 atom stereocenters. The average Bonchev–Trinajstić information content (AvgIpc) is 2.77. The topological polar surface area (TPSA) is 119 Å². The number of methoxy groups -OCH3 is 1. The van der Waals surface area contributed by atoms with Crippen LogP contribution in [-0.2, 0) is 0 Å². The molecule has 154 valence electrons. The first-order valence-corrected chi connectivity index (χ1v) is 9.89. The molecule has 0 fully saturated rings. The van der Waals surface area contributed by atoms with Crippen LogP contribution in [0.4, 0.5) is 0 Å². The summed E-state index contributed by atoms with van der Waals surface area (Å²) < 4.78 is 11.3. The zero-order valence-electron chi connectivity index (χ0n) is 17.5. The standard InChI is InChI=1S/C23H25N5O2/c1-4-9-30-19-6-5-15(10-20(19)29-3)21-18-12-28(2)8-7-16(18)17(11-24)22(27)23(21,13-25)14-26/h5-7,10,18,21H,4,8-9,12,27H2,1-3H3/t18-,21+/m0/s1. The zero-order valence-corrected chi connectivity index (χ0v) is 17.5. The summed E-state index contributed by atoms with van der Waals surface area (Å²) in [5.74, 6) is 0.370. The van der Waals surface area contributed by atoms with Crippen molar-refractivity contribution >= 4 is 0 Å². The third-order valence-electron chi connectivity index (χ3n) is 5.86. The van der Waals surface area contributed by atoms with Crippen molar-refractivity contribution in [1.82, 2.24) is 4.90 Å². The maximum Gasteiger partial charge on any atom is 0.191 e. The fourth-order valence-electron chi connectivity index (χ4n) is 4.41. The molecule has 0 unspecified atom stereocenters. The molecule has 1 aliphatic carbocycles. The maximum atomic E-state index is 10.1. The summed E-state index contributed by atoms with van der Waals surface area (Å²) in [6.45, 7) is 3.86. The van der Waals surface area contributed by atoms with Gasteiger partial charge in [-0.1, -0.05) is 19.1 Å². The molecule has 1 aromatic carbocycles. The Kier molecular flexibility index (Phi) is 6.01. The maximum absolute atomic E-state index is 10.1. The van der Waals surface area contributed by atoms with Crippen molar-refractivity contribution in [2.24, 2.45) is 17.1 Å². The molecule has 0 spiro atoms. The summed E-state index contributed by atoms with van der Waals surface area (Å²) in [4.78, 5) is 2.10. The van der Waals surface area contributed by atoms with E-state index in [1.807, 2.05) is 32.2 Å². The van der Waals surface area contributed by atoms with Crippen molar-refractivity contribution in [1.29, 1.82) is 15.8 Å². The van der Waals surface area contributed by atoms with Crippen LogP contribution in [-0.4, -0.2) is 38.8 Å². The Morgan fingerprint density at radius 1 is 1.23 bits per heavy atom. The van der Waals surface area contributed by atoms with E-state index in [1.165, 1.54) is 0 Å². The highest BCUT2D eigenvalue weighted by Crippen LogP contribution is 2.54. The zero-order chi connectivity index (χ0) is 21.9. The van der Waals surface area contributed by atoms with Crippen LogP contribution in [0, 0.1) is 45.3 Å². The minimum Gasteiger partial charge on any atom is -0.493 e. The van der Waals surface area contributed by atoms with Crippen molar-refractivity contribution in [3.63, 3.8) is 0 Å². The van der Waals surface area contributed by atoms with Gasteiger partial charge in [0, 0.05) is 24.9 Å². The van der Waals surface area contributed by atoms with Gasteiger partial charge >= 0.3 is 0 Å². The second-order valence-corrected chi connectivity index (χ2v) is 7.66. The van der Waals surface area contributed by atoms with Gasteiger partial charge in [-0.2, -0.15) is 15.8 Å². The fraction of sp³-hybridized carbons (Fsp3) is 0.435. The van der Waals surface area contributed by atoms with Crippen LogP contribution in [0.25, 0.3) is 0 Å². The Labute approximate surface area is 177 Å². The molecule has 2 N–H and O–H groups in total. The van der Waals surface area contributed by atoms with Crippen LogP contribution in [0.5, 0.6) is 11.5 Å². The Balaban J connectivity index is 2.23. The van der Waals surface area contributed by atoms with Gasteiger partial charge in [0.15, 0.2) is 16.9 Å². The highest BCUT2D eigenvalue weighted by Gasteiger charge is 2.54. The molecule has 0 aromatic heterocycles. The van der Waals surface area contributed by atoms with Crippen LogP contribution >= 0.6 is 0 Å². The lowest BCUT2D eigenvalue weighted by Crippen LogP contribution is -2.47. The molecule has 1 heterocycles. The first kappa shape index (κ1) is 21.2. The van der Waals surface area contributed by atoms with Crippen LogP contribution in [0.15, 0.2) is 41.1 Å². The van der Waals surface area contributed by atoms with Crippen molar-refractivity contribution in [2.45, 2.75) is 19.3 Å². The first-order chi connectivity index (χ1) is 14.5. The van der Waals surface area contributed by atoms with Crippen LogP contribution in [0.1, 0.15) is 24.8 Å². The van der Waals surface area contributed by atoms with Crippen LogP contribution in [0.3, 0.4) is 0 Å². The smallest absolute Gasteiger partial charge is 0.191 e. The highest BCUT2D eigenvalue weighted by molar-refractivity contribution is 5.60. The highest BCUT2D eigenvalue weighted by atomic mass is 16.5. The molecule has 7 nitrogen and oxygen atoms in total. The lowest BCUT2D eigenvalue weighted by atomic mass is 9.58. The monoisotopic (exact) mass is 403 g/mol. The summed E-state index contributed by atoms with van der Waals surface area (Å²) in [5, 5.41) is 30.0. The van der Waals surface area contributed by atoms with E-state index in [9.17, 15) is 15.8 Å². The van der Waals surface area contributed by atoms with E-state index >= 15 is 0 Å². The Hall–Kier alpha value is -3.47. The molecule has 3 rings (SSSR count). The van der Waals surface area contributed by atoms with Crippen molar-refractivity contribution in [3.8, 4) is 29.7 Å². The molecule has 0 bridgehead atoms. The minimum absolute atomic E-state index is 0.0253. The number of fused-ring (bicyclic) bond motifs is 1.